The van der Waals surface area contributed by atoms with Crippen molar-refractivity contribution in [3.63, 3.8) is 0 Å². The van der Waals surface area contributed by atoms with Gasteiger partial charge in [-0.3, -0.25) is 4.79 Å². The van der Waals surface area contributed by atoms with Crippen LogP contribution in [0.15, 0.2) is 12.1 Å². The minimum Gasteiger partial charge on any atom is -0.358 e. The van der Waals surface area contributed by atoms with Gasteiger partial charge in [0.05, 0.1) is 6.42 Å². The van der Waals surface area contributed by atoms with Gasteiger partial charge in [0, 0.05) is 36.2 Å². The average molecular weight is 315 g/mol. The van der Waals surface area contributed by atoms with Gasteiger partial charge in [-0.1, -0.05) is 12.1 Å². The molecular formula is C19H29N3O. The van der Waals surface area contributed by atoms with Crippen LogP contribution >= 0.6 is 0 Å². The summed E-state index contributed by atoms with van der Waals surface area (Å²) in [6.45, 7) is 10.8. The number of hydrogen-bond acceptors (Lipinski definition) is 2. The maximum atomic E-state index is 12.7. The predicted molar refractivity (Wildman–Crippen MR) is 97.0 cm³/mol. The molecule has 1 aromatic carbocycles. The van der Waals surface area contributed by atoms with Gasteiger partial charge < -0.3 is 14.8 Å². The number of carbonyl (C=O) groups excluding carboxylic acids is 1. The van der Waals surface area contributed by atoms with Crippen LogP contribution < -0.4 is 0 Å². The number of aromatic amines is 1. The first-order chi connectivity index (χ1) is 10.8. The zero-order valence-electron chi connectivity index (χ0n) is 15.3. The van der Waals surface area contributed by atoms with Gasteiger partial charge in [0.25, 0.3) is 0 Å². The number of likely N-dealkylation sites (N-methyl/N-ethyl adjacent to an activating group) is 2. The Morgan fingerprint density at radius 1 is 1.13 bits per heavy atom. The molecule has 0 saturated carbocycles. The van der Waals surface area contributed by atoms with Crippen LogP contribution in [0.4, 0.5) is 0 Å². The Hall–Kier alpha value is -1.81. The third kappa shape index (κ3) is 3.75. The van der Waals surface area contributed by atoms with Gasteiger partial charge in [-0.2, -0.15) is 0 Å². The molecule has 2 rings (SSSR count). The van der Waals surface area contributed by atoms with Crippen molar-refractivity contribution in [1.82, 2.24) is 14.8 Å². The highest BCUT2D eigenvalue weighted by molar-refractivity contribution is 5.92. The highest BCUT2D eigenvalue weighted by Gasteiger charge is 2.18. The van der Waals surface area contributed by atoms with Crippen molar-refractivity contribution < 1.29 is 4.79 Å². The Morgan fingerprint density at radius 3 is 2.43 bits per heavy atom. The van der Waals surface area contributed by atoms with Gasteiger partial charge in [-0.15, -0.1) is 0 Å². The van der Waals surface area contributed by atoms with Gasteiger partial charge in [-0.05, 0) is 58.5 Å². The van der Waals surface area contributed by atoms with Crippen LogP contribution in [0.1, 0.15) is 29.3 Å². The lowest BCUT2D eigenvalue weighted by atomic mass is 10.0. The van der Waals surface area contributed by atoms with Gasteiger partial charge >= 0.3 is 0 Å². The molecule has 0 aliphatic carbocycles. The lowest BCUT2D eigenvalue weighted by molar-refractivity contribution is -0.130. The molecule has 0 unspecified atom stereocenters. The molecule has 4 nitrogen and oxygen atoms in total. The van der Waals surface area contributed by atoms with Crippen molar-refractivity contribution in [1.29, 1.82) is 0 Å². The second-order valence-corrected chi connectivity index (χ2v) is 6.61. The van der Waals surface area contributed by atoms with E-state index in [0.717, 1.165) is 30.9 Å². The minimum atomic E-state index is 0.205. The summed E-state index contributed by atoms with van der Waals surface area (Å²) in [5, 5.41) is 1.18. The van der Waals surface area contributed by atoms with E-state index in [0.29, 0.717) is 6.42 Å². The van der Waals surface area contributed by atoms with Crippen LogP contribution in [0.3, 0.4) is 0 Å². The number of rotatable bonds is 6. The number of hydrogen-bond donors (Lipinski definition) is 1. The Morgan fingerprint density at radius 2 is 1.83 bits per heavy atom. The fourth-order valence-electron chi connectivity index (χ4n) is 2.96. The third-order valence-corrected chi connectivity index (χ3v) is 4.71. The highest BCUT2D eigenvalue weighted by atomic mass is 16.2. The van der Waals surface area contributed by atoms with Crippen LogP contribution in [0.25, 0.3) is 10.9 Å². The van der Waals surface area contributed by atoms with E-state index < -0.39 is 0 Å². The molecule has 2 aromatic rings. The van der Waals surface area contributed by atoms with Gasteiger partial charge in [0.15, 0.2) is 0 Å². The quantitative estimate of drug-likeness (QED) is 0.890. The Bertz CT molecular complexity index is 700. The number of nitrogens with zero attached hydrogens (tertiary/aromatic N) is 2. The van der Waals surface area contributed by atoms with Crippen molar-refractivity contribution in [3.8, 4) is 0 Å². The van der Waals surface area contributed by atoms with Gasteiger partial charge in [0.1, 0.15) is 0 Å². The number of benzene rings is 1. The van der Waals surface area contributed by atoms with Crippen LogP contribution in [-0.4, -0.2) is 54.4 Å². The summed E-state index contributed by atoms with van der Waals surface area (Å²) in [7, 11) is 4.07. The largest absolute Gasteiger partial charge is 0.358 e. The van der Waals surface area contributed by atoms with Crippen LogP contribution in [0.5, 0.6) is 0 Å². The molecule has 1 aromatic heterocycles. The zero-order valence-corrected chi connectivity index (χ0v) is 15.3. The maximum Gasteiger partial charge on any atom is 0.227 e. The monoisotopic (exact) mass is 315 g/mol. The Balaban J connectivity index is 2.25. The normalized spacial score (nSPS) is 11.4. The van der Waals surface area contributed by atoms with E-state index in [-0.39, 0.29) is 5.91 Å². The smallest absolute Gasteiger partial charge is 0.227 e. The first kappa shape index (κ1) is 17.5. The number of fused-ring (bicyclic) bond motifs is 1. The molecule has 0 bridgehead atoms. The molecule has 0 fully saturated rings. The first-order valence-corrected chi connectivity index (χ1v) is 8.35. The molecule has 0 atom stereocenters. The Labute approximate surface area is 139 Å². The van der Waals surface area contributed by atoms with E-state index in [1.54, 1.807) is 0 Å². The molecule has 1 heterocycles. The zero-order chi connectivity index (χ0) is 17.1. The fourth-order valence-corrected chi connectivity index (χ4v) is 2.96. The fraction of sp³-hybridized carbons (Fsp3) is 0.526. The molecule has 0 saturated heterocycles. The van der Waals surface area contributed by atoms with E-state index >= 15 is 0 Å². The average Bonchev–Trinajstić information content (AvgIpc) is 2.80. The van der Waals surface area contributed by atoms with Crippen LogP contribution in [0.2, 0.25) is 0 Å². The molecule has 0 aliphatic rings. The van der Waals surface area contributed by atoms with Gasteiger partial charge in [-0.25, -0.2) is 0 Å². The summed E-state index contributed by atoms with van der Waals surface area (Å²) in [6, 6.07) is 4.28. The number of amides is 1. The molecule has 0 radical (unpaired) electrons. The van der Waals surface area contributed by atoms with Crippen molar-refractivity contribution in [2.24, 2.45) is 0 Å². The lowest BCUT2D eigenvalue weighted by Crippen LogP contribution is -2.37. The minimum absolute atomic E-state index is 0.205. The highest BCUT2D eigenvalue weighted by Crippen LogP contribution is 2.27. The lowest BCUT2D eigenvalue weighted by Gasteiger charge is -2.23. The number of aromatic nitrogens is 1. The third-order valence-electron chi connectivity index (χ3n) is 4.71. The summed E-state index contributed by atoms with van der Waals surface area (Å²) in [5.41, 5.74) is 5.95. The van der Waals surface area contributed by atoms with Crippen LogP contribution in [-0.2, 0) is 11.2 Å². The molecule has 0 spiro atoms. The van der Waals surface area contributed by atoms with E-state index in [1.165, 1.54) is 22.0 Å². The summed E-state index contributed by atoms with van der Waals surface area (Å²) < 4.78 is 0. The standard InChI is InChI=1S/C19H29N3O/c1-7-22(11-10-21(5)6)18(23)12-17-15(4)20-19-14(3)13(2)8-9-16(17)19/h8-9,20H,7,10-12H2,1-6H3. The molecule has 23 heavy (non-hydrogen) atoms. The SMILES string of the molecule is CCN(CCN(C)C)C(=O)Cc1c(C)[nH]c2c(C)c(C)ccc12. The van der Waals surface area contributed by atoms with E-state index in [4.69, 9.17) is 0 Å². The van der Waals surface area contributed by atoms with Crippen LogP contribution in [0, 0.1) is 20.8 Å². The second-order valence-electron chi connectivity index (χ2n) is 6.61. The molecule has 0 aliphatic heterocycles. The summed E-state index contributed by atoms with van der Waals surface area (Å²) in [4.78, 5) is 20.2. The molecule has 1 amide bonds. The molecule has 1 N–H and O–H groups in total. The van der Waals surface area contributed by atoms with E-state index in [9.17, 15) is 4.79 Å². The topological polar surface area (TPSA) is 39.3 Å². The number of aryl methyl sites for hydroxylation is 3. The van der Waals surface area contributed by atoms with Crippen molar-refractivity contribution >= 4 is 16.8 Å². The Kier molecular flexibility index (Phi) is 5.47. The number of nitrogens with one attached hydrogen (secondary N) is 1. The predicted octanol–water partition coefficient (Wildman–Crippen LogP) is 3.05. The van der Waals surface area contributed by atoms with E-state index in [2.05, 4.69) is 42.8 Å². The molecular weight excluding hydrogens is 286 g/mol. The summed E-state index contributed by atoms with van der Waals surface area (Å²) in [5.74, 6) is 0.205. The number of H-pyrrole nitrogens is 1. The molecule has 126 valence electrons. The summed E-state index contributed by atoms with van der Waals surface area (Å²) >= 11 is 0. The van der Waals surface area contributed by atoms with Crippen molar-refractivity contribution in [3.05, 3.63) is 34.5 Å². The second kappa shape index (κ2) is 7.18. The summed E-state index contributed by atoms with van der Waals surface area (Å²) in [6.07, 6.45) is 0.468. The van der Waals surface area contributed by atoms with E-state index in [1.807, 2.05) is 25.9 Å². The number of carbonyl (C=O) groups is 1. The first-order valence-electron chi connectivity index (χ1n) is 8.35. The molecule has 4 heteroatoms. The maximum absolute atomic E-state index is 12.7. The van der Waals surface area contributed by atoms with Crippen molar-refractivity contribution in [2.75, 3.05) is 33.7 Å². The van der Waals surface area contributed by atoms with Gasteiger partial charge in [0.2, 0.25) is 5.91 Å². The van der Waals surface area contributed by atoms with Crippen molar-refractivity contribution in [2.45, 2.75) is 34.1 Å².